The molecular formula is C10H17NO4. The standard InChI is InChI=1S/C10H17NO4/c1-10(2)14-7-5(9(12)13-3)4-6(11)8(7)15-10/h5-8H,4,11H2,1-3H3/t5-,6+,7+,8-/m0/s1. The number of esters is 1. The lowest BCUT2D eigenvalue weighted by molar-refractivity contribution is -0.167. The fraction of sp³-hybridized carbons (Fsp3) is 0.900. The van der Waals surface area contributed by atoms with Crippen LogP contribution in [0, 0.1) is 5.92 Å². The van der Waals surface area contributed by atoms with E-state index in [1.165, 1.54) is 7.11 Å². The van der Waals surface area contributed by atoms with E-state index in [1.54, 1.807) is 0 Å². The van der Waals surface area contributed by atoms with E-state index in [4.69, 9.17) is 19.9 Å². The number of hydrogen-bond acceptors (Lipinski definition) is 5. The molecule has 1 heterocycles. The maximum atomic E-state index is 11.5. The van der Waals surface area contributed by atoms with Crippen LogP contribution in [0.5, 0.6) is 0 Å². The highest BCUT2D eigenvalue weighted by molar-refractivity contribution is 5.73. The summed E-state index contributed by atoms with van der Waals surface area (Å²) in [4.78, 5) is 11.5. The average molecular weight is 215 g/mol. The molecule has 1 aliphatic heterocycles. The minimum atomic E-state index is -0.653. The Labute approximate surface area is 88.9 Å². The third-order valence-electron chi connectivity index (χ3n) is 3.01. The fourth-order valence-electron chi connectivity index (χ4n) is 2.40. The first kappa shape index (κ1) is 10.9. The number of nitrogens with two attached hydrogens (primary N) is 1. The second kappa shape index (κ2) is 3.43. The Morgan fingerprint density at radius 3 is 2.60 bits per heavy atom. The summed E-state index contributed by atoms with van der Waals surface area (Å²) in [5.74, 6) is -1.21. The third kappa shape index (κ3) is 1.75. The van der Waals surface area contributed by atoms with Crippen LogP contribution in [0.1, 0.15) is 20.3 Å². The Bertz CT molecular complexity index is 279. The Balaban J connectivity index is 2.16. The molecule has 15 heavy (non-hydrogen) atoms. The van der Waals surface area contributed by atoms with Crippen molar-refractivity contribution >= 4 is 5.97 Å². The van der Waals surface area contributed by atoms with Crippen LogP contribution in [0.2, 0.25) is 0 Å². The molecule has 0 aromatic heterocycles. The summed E-state index contributed by atoms with van der Waals surface area (Å²) in [5.41, 5.74) is 5.91. The minimum absolute atomic E-state index is 0.152. The molecule has 4 atom stereocenters. The highest BCUT2D eigenvalue weighted by Gasteiger charge is 2.55. The molecular weight excluding hydrogens is 198 g/mol. The number of carbonyl (C=O) groups excluding carboxylic acids is 1. The summed E-state index contributed by atoms with van der Waals surface area (Å²) >= 11 is 0. The van der Waals surface area contributed by atoms with E-state index >= 15 is 0 Å². The van der Waals surface area contributed by atoms with Gasteiger partial charge in [-0.15, -0.1) is 0 Å². The van der Waals surface area contributed by atoms with Crippen LogP contribution in [-0.4, -0.2) is 37.1 Å². The van der Waals surface area contributed by atoms with E-state index in [0.717, 1.165) is 0 Å². The molecule has 5 heteroatoms. The molecule has 1 saturated heterocycles. The fourth-order valence-corrected chi connectivity index (χ4v) is 2.40. The van der Waals surface area contributed by atoms with Crippen LogP contribution in [0.15, 0.2) is 0 Å². The van der Waals surface area contributed by atoms with Gasteiger partial charge in [-0.1, -0.05) is 0 Å². The second-order valence-corrected chi connectivity index (χ2v) is 4.59. The molecule has 1 saturated carbocycles. The van der Waals surface area contributed by atoms with Gasteiger partial charge in [0.1, 0.15) is 12.2 Å². The van der Waals surface area contributed by atoms with E-state index in [0.29, 0.717) is 6.42 Å². The van der Waals surface area contributed by atoms with Crippen molar-refractivity contribution in [2.45, 2.75) is 44.3 Å². The normalized spacial score (nSPS) is 42.7. The molecule has 0 radical (unpaired) electrons. The van der Waals surface area contributed by atoms with Crippen molar-refractivity contribution in [3.8, 4) is 0 Å². The molecule has 0 unspecified atom stereocenters. The molecule has 0 amide bonds. The van der Waals surface area contributed by atoms with Gasteiger partial charge in [-0.25, -0.2) is 0 Å². The first-order valence-corrected chi connectivity index (χ1v) is 5.13. The zero-order valence-electron chi connectivity index (χ0n) is 9.23. The molecule has 5 nitrogen and oxygen atoms in total. The molecule has 2 fully saturated rings. The maximum absolute atomic E-state index is 11.5. The Kier molecular flexibility index (Phi) is 2.48. The van der Waals surface area contributed by atoms with E-state index in [2.05, 4.69) is 0 Å². The second-order valence-electron chi connectivity index (χ2n) is 4.59. The molecule has 86 valence electrons. The van der Waals surface area contributed by atoms with Crippen molar-refractivity contribution in [1.29, 1.82) is 0 Å². The van der Waals surface area contributed by atoms with Gasteiger partial charge in [-0.3, -0.25) is 4.79 Å². The number of hydrogen-bond donors (Lipinski definition) is 1. The average Bonchev–Trinajstić information content (AvgIpc) is 2.61. The van der Waals surface area contributed by atoms with Gasteiger partial charge in [0.15, 0.2) is 5.79 Å². The van der Waals surface area contributed by atoms with E-state index in [-0.39, 0.29) is 30.1 Å². The predicted molar refractivity (Wildman–Crippen MR) is 51.9 cm³/mol. The highest BCUT2D eigenvalue weighted by Crippen LogP contribution is 2.41. The van der Waals surface area contributed by atoms with Gasteiger partial charge in [0.2, 0.25) is 0 Å². The summed E-state index contributed by atoms with van der Waals surface area (Å²) in [5, 5.41) is 0. The summed E-state index contributed by atoms with van der Waals surface area (Å²) in [6.07, 6.45) is 0.115. The largest absolute Gasteiger partial charge is 0.469 e. The smallest absolute Gasteiger partial charge is 0.311 e. The summed E-state index contributed by atoms with van der Waals surface area (Å²) in [6.45, 7) is 3.65. The van der Waals surface area contributed by atoms with Crippen molar-refractivity contribution in [2.75, 3.05) is 7.11 Å². The van der Waals surface area contributed by atoms with E-state index in [9.17, 15) is 4.79 Å². The Morgan fingerprint density at radius 1 is 1.40 bits per heavy atom. The first-order chi connectivity index (χ1) is 6.94. The summed E-state index contributed by atoms with van der Waals surface area (Å²) in [6, 6.07) is -0.152. The van der Waals surface area contributed by atoms with Crippen molar-refractivity contribution in [3.05, 3.63) is 0 Å². The number of carbonyl (C=O) groups is 1. The molecule has 2 aliphatic rings. The zero-order valence-corrected chi connectivity index (χ0v) is 9.23. The molecule has 0 aromatic rings. The lowest BCUT2D eigenvalue weighted by atomic mass is 10.1. The molecule has 2 N–H and O–H groups in total. The monoisotopic (exact) mass is 215 g/mol. The van der Waals surface area contributed by atoms with Crippen LogP contribution < -0.4 is 5.73 Å². The SMILES string of the molecule is COC(=O)[C@H]1C[C@@H](N)[C@@H]2OC(C)(C)O[C@@H]21. The van der Waals surface area contributed by atoms with Gasteiger partial charge in [0.25, 0.3) is 0 Å². The highest BCUT2D eigenvalue weighted by atomic mass is 16.8. The Morgan fingerprint density at radius 2 is 2.00 bits per heavy atom. The van der Waals surface area contributed by atoms with Gasteiger partial charge in [0.05, 0.1) is 13.0 Å². The maximum Gasteiger partial charge on any atom is 0.311 e. The van der Waals surface area contributed by atoms with Crippen molar-refractivity contribution in [1.82, 2.24) is 0 Å². The van der Waals surface area contributed by atoms with E-state index < -0.39 is 5.79 Å². The number of methoxy groups -OCH3 is 1. The lowest BCUT2D eigenvalue weighted by Crippen LogP contribution is -2.35. The number of rotatable bonds is 1. The zero-order chi connectivity index (χ0) is 11.2. The van der Waals surface area contributed by atoms with Crippen LogP contribution in [0.4, 0.5) is 0 Å². The minimum Gasteiger partial charge on any atom is -0.469 e. The van der Waals surface area contributed by atoms with Gasteiger partial charge < -0.3 is 19.9 Å². The van der Waals surface area contributed by atoms with Crippen molar-refractivity contribution < 1.29 is 19.0 Å². The van der Waals surface area contributed by atoms with E-state index in [1.807, 2.05) is 13.8 Å². The van der Waals surface area contributed by atoms with Crippen molar-refractivity contribution in [3.63, 3.8) is 0 Å². The molecule has 0 bridgehead atoms. The number of fused-ring (bicyclic) bond motifs is 1. The van der Waals surface area contributed by atoms with Gasteiger partial charge in [0, 0.05) is 6.04 Å². The van der Waals surface area contributed by atoms with Crippen molar-refractivity contribution in [2.24, 2.45) is 11.7 Å². The number of ether oxygens (including phenoxy) is 3. The van der Waals surface area contributed by atoms with Crippen LogP contribution in [0.25, 0.3) is 0 Å². The topological polar surface area (TPSA) is 70.8 Å². The van der Waals surface area contributed by atoms with Gasteiger partial charge in [-0.05, 0) is 20.3 Å². The Hall–Kier alpha value is -0.650. The molecule has 2 rings (SSSR count). The molecule has 1 aliphatic carbocycles. The third-order valence-corrected chi connectivity index (χ3v) is 3.01. The van der Waals surface area contributed by atoms with Gasteiger partial charge >= 0.3 is 5.97 Å². The van der Waals surface area contributed by atoms with Crippen LogP contribution in [0.3, 0.4) is 0 Å². The lowest BCUT2D eigenvalue weighted by Gasteiger charge is -2.21. The predicted octanol–water partition coefficient (Wildman–Crippen LogP) is 0.0267. The molecule has 0 spiro atoms. The molecule has 0 aromatic carbocycles. The van der Waals surface area contributed by atoms with Crippen LogP contribution in [-0.2, 0) is 19.0 Å². The van der Waals surface area contributed by atoms with Gasteiger partial charge in [-0.2, -0.15) is 0 Å². The quantitative estimate of drug-likeness (QED) is 0.625. The first-order valence-electron chi connectivity index (χ1n) is 5.13. The summed E-state index contributed by atoms with van der Waals surface area (Å²) in [7, 11) is 1.38. The summed E-state index contributed by atoms with van der Waals surface area (Å²) < 4.78 is 16.1. The van der Waals surface area contributed by atoms with Crippen LogP contribution >= 0.6 is 0 Å².